The van der Waals surface area contributed by atoms with Crippen molar-refractivity contribution in [2.75, 3.05) is 52.5 Å². The van der Waals surface area contributed by atoms with Crippen molar-refractivity contribution < 1.29 is 18.7 Å². The Labute approximate surface area is 245 Å². The lowest BCUT2D eigenvalue weighted by Gasteiger charge is -2.45. The van der Waals surface area contributed by atoms with Crippen molar-refractivity contribution in [1.82, 2.24) is 25.1 Å². The number of pyridine rings is 1. The molecule has 2 aromatic carbocycles. The van der Waals surface area contributed by atoms with Gasteiger partial charge < -0.3 is 14.4 Å². The van der Waals surface area contributed by atoms with Gasteiger partial charge in [-0.15, -0.1) is 0 Å². The number of nitrogens with one attached hydrogen (secondary N) is 1. The Kier molecular flexibility index (Phi) is 8.08. The second kappa shape index (κ2) is 12.1. The third-order valence-electron chi connectivity index (χ3n) is 8.26. The number of carbonyl (C=O) groups excluding carboxylic acids is 1. The van der Waals surface area contributed by atoms with E-state index in [0.29, 0.717) is 60.1 Å². The van der Waals surface area contributed by atoms with Crippen LogP contribution in [-0.4, -0.2) is 84.5 Å². The van der Waals surface area contributed by atoms with E-state index in [1.807, 2.05) is 36.4 Å². The molecule has 1 saturated carbocycles. The molecule has 1 aliphatic carbocycles. The summed E-state index contributed by atoms with van der Waals surface area (Å²) in [5.74, 6) is 0.0347. The van der Waals surface area contributed by atoms with E-state index in [1.165, 1.54) is 17.4 Å². The summed E-state index contributed by atoms with van der Waals surface area (Å²) < 4.78 is 27.7. The molecule has 10 heteroatoms. The normalized spacial score (nSPS) is 16.5. The number of rotatable bonds is 7. The molecule has 1 N–H and O–H groups in total. The number of aromatic nitrogens is 3. The predicted octanol–water partition coefficient (Wildman–Crippen LogP) is 5.53. The van der Waals surface area contributed by atoms with Crippen LogP contribution in [0.5, 0.6) is 5.75 Å². The molecule has 0 atom stereocenters. The van der Waals surface area contributed by atoms with Gasteiger partial charge in [0.25, 0.3) is 5.91 Å². The van der Waals surface area contributed by atoms with Crippen LogP contribution in [0.3, 0.4) is 0 Å². The zero-order valence-corrected chi connectivity index (χ0v) is 24.4. The lowest BCUT2D eigenvalue weighted by atomic mass is 9.93. The number of hydrazine groups is 1. The number of fused-ring (bicyclic) bond motifs is 1. The number of ether oxygens (including phenoxy) is 2. The number of aromatic amines is 1. The molecule has 4 aromatic rings. The average Bonchev–Trinajstić information content (AvgIpc) is 3.45. The maximum absolute atomic E-state index is 16.6. The van der Waals surface area contributed by atoms with Crippen molar-refractivity contribution in [2.45, 2.75) is 38.1 Å². The van der Waals surface area contributed by atoms with E-state index in [4.69, 9.17) is 9.47 Å². The van der Waals surface area contributed by atoms with Crippen molar-refractivity contribution in [2.24, 2.45) is 0 Å². The Bertz CT molecular complexity index is 1560. The van der Waals surface area contributed by atoms with E-state index in [-0.39, 0.29) is 11.9 Å². The molecule has 1 aliphatic heterocycles. The summed E-state index contributed by atoms with van der Waals surface area (Å²) in [5, 5.41) is 12.5. The van der Waals surface area contributed by atoms with E-state index in [9.17, 15) is 4.79 Å². The van der Waals surface area contributed by atoms with Gasteiger partial charge >= 0.3 is 0 Å². The number of halogens is 1. The molecule has 1 saturated heterocycles. The van der Waals surface area contributed by atoms with Crippen LogP contribution in [0.1, 0.15) is 42.5 Å². The standard InChI is InChI=1S/C32H37FN6O3/c1-37(2)32(40)26-17-21(19-27(33)30(26)39(23-9-5-4-6-10-23)38-13-15-42-16-14-38)22-18-25-29(35-36-31(25)34-20-22)24-11-7-8-12-28(24)41-3/h7-8,11-12,17-20,23H,4-6,9-10,13-16H2,1-3H3,(H,34,35,36). The summed E-state index contributed by atoms with van der Waals surface area (Å²) in [5.41, 5.74) is 4.09. The van der Waals surface area contributed by atoms with Gasteiger partial charge in [0.2, 0.25) is 0 Å². The van der Waals surface area contributed by atoms with E-state index in [1.54, 1.807) is 27.4 Å². The van der Waals surface area contributed by atoms with Gasteiger partial charge in [0.15, 0.2) is 5.65 Å². The Morgan fingerprint density at radius 1 is 1.07 bits per heavy atom. The van der Waals surface area contributed by atoms with Crippen molar-refractivity contribution in [3.8, 4) is 28.1 Å². The number of nitrogens with zero attached hydrogens (tertiary/aromatic N) is 5. The van der Waals surface area contributed by atoms with Gasteiger partial charge in [-0.3, -0.25) is 14.9 Å². The molecule has 42 heavy (non-hydrogen) atoms. The molecule has 2 fully saturated rings. The number of carbonyl (C=O) groups is 1. The number of anilines is 1. The Balaban J connectivity index is 1.48. The fraction of sp³-hybridized carbons (Fsp3) is 0.406. The molecule has 220 valence electrons. The van der Waals surface area contributed by atoms with Gasteiger partial charge in [-0.05, 0) is 48.7 Å². The van der Waals surface area contributed by atoms with Gasteiger partial charge in [-0.1, -0.05) is 31.4 Å². The van der Waals surface area contributed by atoms with Crippen molar-refractivity contribution >= 4 is 22.6 Å². The summed E-state index contributed by atoms with van der Waals surface area (Å²) in [7, 11) is 5.03. The van der Waals surface area contributed by atoms with Crippen molar-refractivity contribution in [1.29, 1.82) is 0 Å². The molecule has 2 aromatic heterocycles. The number of amides is 1. The molecular formula is C32H37FN6O3. The van der Waals surface area contributed by atoms with Crippen molar-refractivity contribution in [3.05, 3.63) is 60.0 Å². The summed E-state index contributed by atoms with van der Waals surface area (Å²) in [6.45, 7) is 2.45. The molecule has 0 unspecified atom stereocenters. The summed E-state index contributed by atoms with van der Waals surface area (Å²) in [6, 6.07) is 13.1. The number of para-hydroxylation sites is 1. The minimum atomic E-state index is -0.424. The molecule has 1 amide bonds. The minimum Gasteiger partial charge on any atom is -0.496 e. The largest absolute Gasteiger partial charge is 0.496 e. The highest BCUT2D eigenvalue weighted by Crippen LogP contribution is 2.39. The molecule has 0 radical (unpaired) electrons. The summed E-state index contributed by atoms with van der Waals surface area (Å²) >= 11 is 0. The lowest BCUT2D eigenvalue weighted by molar-refractivity contribution is 0.0238. The molecular weight excluding hydrogens is 535 g/mol. The first-order valence-corrected chi connectivity index (χ1v) is 14.6. The highest BCUT2D eigenvalue weighted by Gasteiger charge is 2.34. The Morgan fingerprint density at radius 2 is 1.83 bits per heavy atom. The smallest absolute Gasteiger partial charge is 0.255 e. The maximum Gasteiger partial charge on any atom is 0.255 e. The quantitative estimate of drug-likeness (QED) is 0.312. The van der Waals surface area contributed by atoms with Gasteiger partial charge in [0, 0.05) is 55.9 Å². The highest BCUT2D eigenvalue weighted by molar-refractivity contribution is 6.01. The minimum absolute atomic E-state index is 0.123. The second-order valence-electron chi connectivity index (χ2n) is 11.2. The Morgan fingerprint density at radius 3 is 2.57 bits per heavy atom. The predicted molar refractivity (Wildman–Crippen MR) is 161 cm³/mol. The third-order valence-corrected chi connectivity index (χ3v) is 8.26. The first kappa shape index (κ1) is 28.1. The van der Waals surface area contributed by atoms with Crippen LogP contribution in [-0.2, 0) is 4.74 Å². The van der Waals surface area contributed by atoms with E-state index >= 15 is 4.39 Å². The second-order valence-corrected chi connectivity index (χ2v) is 11.2. The van der Waals surface area contributed by atoms with Crippen LogP contribution in [0.25, 0.3) is 33.4 Å². The van der Waals surface area contributed by atoms with Gasteiger partial charge in [-0.2, -0.15) is 5.10 Å². The van der Waals surface area contributed by atoms with E-state index in [0.717, 1.165) is 42.3 Å². The monoisotopic (exact) mass is 572 g/mol. The molecule has 6 rings (SSSR count). The average molecular weight is 573 g/mol. The number of morpholine rings is 1. The topological polar surface area (TPSA) is 86.8 Å². The van der Waals surface area contributed by atoms with Gasteiger partial charge in [-0.25, -0.2) is 14.4 Å². The number of H-pyrrole nitrogens is 1. The maximum atomic E-state index is 16.6. The van der Waals surface area contributed by atoms with Crippen molar-refractivity contribution in [3.63, 3.8) is 0 Å². The zero-order valence-electron chi connectivity index (χ0n) is 24.4. The molecule has 2 aliphatic rings. The highest BCUT2D eigenvalue weighted by atomic mass is 19.1. The van der Waals surface area contributed by atoms with E-state index in [2.05, 4.69) is 25.2 Å². The molecule has 0 spiro atoms. The summed E-state index contributed by atoms with van der Waals surface area (Å²) in [6.07, 6.45) is 6.95. The molecule has 3 heterocycles. The number of benzene rings is 2. The van der Waals surface area contributed by atoms with E-state index < -0.39 is 5.82 Å². The summed E-state index contributed by atoms with van der Waals surface area (Å²) in [4.78, 5) is 19.8. The van der Waals surface area contributed by atoms with Gasteiger partial charge in [0.1, 0.15) is 17.3 Å². The number of hydrogen-bond donors (Lipinski definition) is 1. The first-order chi connectivity index (χ1) is 20.5. The first-order valence-electron chi connectivity index (χ1n) is 14.6. The van der Waals surface area contributed by atoms with Gasteiger partial charge in [0.05, 0.1) is 31.6 Å². The SMILES string of the molecule is COc1ccccc1-c1[nH]nc2ncc(-c3cc(F)c(N(C4CCCCC4)N4CCOCC4)c(C(=O)N(C)C)c3)cc12. The van der Waals surface area contributed by atoms with Crippen LogP contribution in [0.2, 0.25) is 0 Å². The lowest BCUT2D eigenvalue weighted by Crippen LogP contribution is -2.55. The fourth-order valence-corrected chi connectivity index (χ4v) is 6.17. The zero-order chi connectivity index (χ0) is 29.2. The van der Waals surface area contributed by atoms with Crippen LogP contribution in [0, 0.1) is 5.82 Å². The van der Waals surface area contributed by atoms with Crippen LogP contribution < -0.4 is 9.75 Å². The Hall–Kier alpha value is -4.02. The fourth-order valence-electron chi connectivity index (χ4n) is 6.17. The number of hydrogen-bond acceptors (Lipinski definition) is 7. The number of methoxy groups -OCH3 is 1. The molecule has 9 nitrogen and oxygen atoms in total. The van der Waals surface area contributed by atoms with Crippen LogP contribution >= 0.6 is 0 Å². The molecule has 0 bridgehead atoms. The third kappa shape index (κ3) is 5.32. The van der Waals surface area contributed by atoms with Crippen LogP contribution in [0.4, 0.5) is 10.1 Å². The van der Waals surface area contributed by atoms with Crippen LogP contribution in [0.15, 0.2) is 48.7 Å².